The van der Waals surface area contributed by atoms with Gasteiger partial charge >= 0.3 is 0 Å². The molecule has 38 heavy (non-hydrogen) atoms. The Morgan fingerprint density at radius 3 is 2.37 bits per heavy atom. The number of methoxy groups -OCH3 is 3. The van der Waals surface area contributed by atoms with E-state index >= 15 is 0 Å². The lowest BCUT2D eigenvalue weighted by Crippen LogP contribution is -2.43. The average Bonchev–Trinajstić information content (AvgIpc) is 3.47. The molecule has 0 fully saturated rings. The lowest BCUT2D eigenvalue weighted by molar-refractivity contribution is -0.138. The molecule has 2 aromatic carbocycles. The van der Waals surface area contributed by atoms with E-state index in [1.165, 1.54) is 6.08 Å². The number of rotatable bonds is 15. The fourth-order valence-corrected chi connectivity index (χ4v) is 4.67. The standard InChI is InChI=1S/C30H36N2O5S/c1-35-19-8-17-31(29(33)15-13-24-9-5-4-6-10-24)23-30(34)32(22-26-11-7-20-38-26)18-16-25-12-14-27(36-2)28(21-25)37-3/h4-7,9-15,20-21H,8,16-19,22-23H2,1-3H3. The van der Waals surface area contributed by atoms with Gasteiger partial charge in [0.15, 0.2) is 11.5 Å². The molecule has 0 bridgehead atoms. The number of nitrogens with zero attached hydrogens (tertiary/aromatic N) is 2. The zero-order chi connectivity index (χ0) is 27.2. The Hall–Kier alpha value is -3.62. The van der Waals surface area contributed by atoms with Gasteiger partial charge in [-0.2, -0.15) is 0 Å². The van der Waals surface area contributed by atoms with Gasteiger partial charge in [0.25, 0.3) is 0 Å². The summed E-state index contributed by atoms with van der Waals surface area (Å²) >= 11 is 1.61. The molecule has 0 aliphatic carbocycles. The molecular formula is C30H36N2O5S. The lowest BCUT2D eigenvalue weighted by Gasteiger charge is -2.27. The van der Waals surface area contributed by atoms with Crippen molar-refractivity contribution in [2.24, 2.45) is 0 Å². The monoisotopic (exact) mass is 536 g/mol. The number of thiophene rings is 1. The van der Waals surface area contributed by atoms with Gasteiger partial charge in [-0.25, -0.2) is 0 Å². The Morgan fingerprint density at radius 2 is 1.68 bits per heavy atom. The quantitative estimate of drug-likeness (QED) is 0.204. The van der Waals surface area contributed by atoms with Crippen LogP contribution in [-0.2, 0) is 27.3 Å². The fourth-order valence-electron chi connectivity index (χ4n) is 3.95. The van der Waals surface area contributed by atoms with Gasteiger partial charge in [0.1, 0.15) is 6.54 Å². The summed E-state index contributed by atoms with van der Waals surface area (Å²) in [6.07, 6.45) is 4.59. The minimum absolute atomic E-state index is 0.00101. The Morgan fingerprint density at radius 1 is 0.895 bits per heavy atom. The van der Waals surface area contributed by atoms with E-state index in [1.807, 2.05) is 70.9 Å². The normalized spacial score (nSPS) is 10.9. The van der Waals surface area contributed by atoms with Crippen molar-refractivity contribution in [3.8, 4) is 11.5 Å². The third kappa shape index (κ3) is 9.04. The lowest BCUT2D eigenvalue weighted by atomic mass is 10.1. The van der Waals surface area contributed by atoms with Gasteiger partial charge in [0.2, 0.25) is 11.8 Å². The summed E-state index contributed by atoms with van der Waals surface area (Å²) in [5, 5.41) is 2.00. The highest BCUT2D eigenvalue weighted by molar-refractivity contribution is 7.09. The van der Waals surface area contributed by atoms with Gasteiger partial charge in [0, 0.05) is 37.8 Å². The van der Waals surface area contributed by atoms with Crippen LogP contribution in [0.15, 0.2) is 72.1 Å². The van der Waals surface area contributed by atoms with Crippen molar-refractivity contribution in [2.75, 3.05) is 47.6 Å². The molecule has 3 rings (SSSR count). The van der Waals surface area contributed by atoms with Crippen LogP contribution in [0.4, 0.5) is 0 Å². The van der Waals surface area contributed by atoms with Crippen LogP contribution in [0.25, 0.3) is 6.08 Å². The highest BCUT2D eigenvalue weighted by atomic mass is 32.1. The van der Waals surface area contributed by atoms with Crippen molar-refractivity contribution in [1.82, 2.24) is 9.80 Å². The molecule has 0 atom stereocenters. The average molecular weight is 537 g/mol. The Kier molecular flexibility index (Phi) is 11.9. The van der Waals surface area contributed by atoms with E-state index in [0.717, 1.165) is 16.0 Å². The first-order valence-electron chi connectivity index (χ1n) is 12.6. The smallest absolute Gasteiger partial charge is 0.247 e. The van der Waals surface area contributed by atoms with Crippen LogP contribution in [0.5, 0.6) is 11.5 Å². The van der Waals surface area contributed by atoms with E-state index in [0.29, 0.717) is 50.6 Å². The summed E-state index contributed by atoms with van der Waals surface area (Å²) in [4.78, 5) is 31.2. The summed E-state index contributed by atoms with van der Waals surface area (Å²) in [5.41, 5.74) is 1.96. The van der Waals surface area contributed by atoms with Crippen LogP contribution in [-0.4, -0.2) is 69.2 Å². The maximum absolute atomic E-state index is 13.6. The zero-order valence-electron chi connectivity index (χ0n) is 22.3. The Bertz CT molecular complexity index is 1160. The fraction of sp³-hybridized carbons (Fsp3) is 0.333. The van der Waals surface area contributed by atoms with Gasteiger partial charge in [-0.3, -0.25) is 9.59 Å². The van der Waals surface area contributed by atoms with Crippen LogP contribution < -0.4 is 9.47 Å². The maximum atomic E-state index is 13.6. The van der Waals surface area contributed by atoms with Gasteiger partial charge in [-0.15, -0.1) is 11.3 Å². The van der Waals surface area contributed by atoms with Crippen molar-refractivity contribution < 1.29 is 23.8 Å². The van der Waals surface area contributed by atoms with Gasteiger partial charge in [0.05, 0.1) is 20.8 Å². The second kappa shape index (κ2) is 15.6. The molecule has 0 saturated carbocycles. The number of ether oxygens (including phenoxy) is 3. The predicted octanol–water partition coefficient (Wildman–Crippen LogP) is 4.92. The molecule has 0 radical (unpaired) electrons. The summed E-state index contributed by atoms with van der Waals surface area (Å²) < 4.78 is 15.9. The van der Waals surface area contributed by atoms with Crippen molar-refractivity contribution in [1.29, 1.82) is 0 Å². The third-order valence-electron chi connectivity index (χ3n) is 6.03. The first-order chi connectivity index (χ1) is 18.5. The summed E-state index contributed by atoms with van der Waals surface area (Å²) in [5.74, 6) is 1.02. The van der Waals surface area contributed by atoms with Gasteiger partial charge in [-0.1, -0.05) is 42.5 Å². The molecule has 3 aromatic rings. The number of benzene rings is 2. The number of hydrogen-bond acceptors (Lipinski definition) is 6. The minimum atomic E-state index is -0.200. The second-order valence-electron chi connectivity index (χ2n) is 8.68. The SMILES string of the molecule is COCCCN(CC(=O)N(CCc1ccc(OC)c(OC)c1)Cc1cccs1)C(=O)C=Cc1ccccc1. The molecule has 0 aliphatic heterocycles. The van der Waals surface area contributed by atoms with Crippen LogP contribution in [0.3, 0.4) is 0 Å². The van der Waals surface area contributed by atoms with Crippen molar-refractivity contribution in [2.45, 2.75) is 19.4 Å². The molecule has 0 saturated heterocycles. The molecule has 7 nitrogen and oxygen atoms in total. The largest absolute Gasteiger partial charge is 0.493 e. The highest BCUT2D eigenvalue weighted by Gasteiger charge is 2.21. The van der Waals surface area contributed by atoms with Crippen LogP contribution in [0, 0.1) is 0 Å². The van der Waals surface area contributed by atoms with Gasteiger partial charge < -0.3 is 24.0 Å². The van der Waals surface area contributed by atoms with Crippen LogP contribution in [0.2, 0.25) is 0 Å². The van der Waals surface area contributed by atoms with E-state index in [4.69, 9.17) is 14.2 Å². The zero-order valence-corrected chi connectivity index (χ0v) is 23.1. The predicted molar refractivity (Wildman–Crippen MR) is 152 cm³/mol. The molecule has 202 valence electrons. The molecular weight excluding hydrogens is 500 g/mol. The van der Waals surface area contributed by atoms with Crippen LogP contribution in [0.1, 0.15) is 22.4 Å². The van der Waals surface area contributed by atoms with E-state index in [1.54, 1.807) is 43.6 Å². The first kappa shape index (κ1) is 28.9. The Balaban J connectivity index is 1.73. The summed E-state index contributed by atoms with van der Waals surface area (Å²) in [7, 11) is 4.84. The molecule has 2 amide bonds. The van der Waals surface area contributed by atoms with Crippen molar-refractivity contribution >= 4 is 29.2 Å². The van der Waals surface area contributed by atoms with E-state index in [-0.39, 0.29) is 18.4 Å². The van der Waals surface area contributed by atoms with Gasteiger partial charge in [-0.05, 0) is 53.6 Å². The molecule has 0 unspecified atom stereocenters. The topological polar surface area (TPSA) is 68.3 Å². The molecule has 1 heterocycles. The molecule has 1 aromatic heterocycles. The number of carbonyl (C=O) groups is 2. The number of carbonyl (C=O) groups excluding carboxylic acids is 2. The third-order valence-corrected chi connectivity index (χ3v) is 6.89. The van der Waals surface area contributed by atoms with E-state index in [9.17, 15) is 9.59 Å². The van der Waals surface area contributed by atoms with E-state index < -0.39 is 0 Å². The van der Waals surface area contributed by atoms with E-state index in [2.05, 4.69) is 0 Å². The van der Waals surface area contributed by atoms with Crippen LogP contribution >= 0.6 is 11.3 Å². The minimum Gasteiger partial charge on any atom is -0.493 e. The summed E-state index contributed by atoms with van der Waals surface area (Å²) in [6, 6.07) is 19.4. The van der Waals surface area contributed by atoms with Crippen molar-refractivity contribution in [3.63, 3.8) is 0 Å². The molecule has 0 spiro atoms. The highest BCUT2D eigenvalue weighted by Crippen LogP contribution is 2.28. The molecule has 8 heteroatoms. The number of amides is 2. The number of hydrogen-bond donors (Lipinski definition) is 0. The molecule has 0 aliphatic rings. The molecule has 0 N–H and O–H groups in total. The maximum Gasteiger partial charge on any atom is 0.247 e. The first-order valence-corrected chi connectivity index (χ1v) is 13.4. The summed E-state index contributed by atoms with van der Waals surface area (Å²) in [6.45, 7) is 1.94. The second-order valence-corrected chi connectivity index (χ2v) is 9.72. The Labute approximate surface area is 229 Å². The van der Waals surface area contributed by atoms with Crippen molar-refractivity contribution in [3.05, 3.63) is 88.1 Å².